The quantitative estimate of drug-likeness (QED) is 0.754. The van der Waals surface area contributed by atoms with Crippen LogP contribution in [0.1, 0.15) is 30.0 Å². The highest BCUT2D eigenvalue weighted by Crippen LogP contribution is 2.37. The maximum atomic E-state index is 12.6. The lowest BCUT2D eigenvalue weighted by atomic mass is 10.0. The molecular formula is C23H28N2O5. The molecule has 30 heavy (non-hydrogen) atoms. The molecule has 2 aromatic rings. The third-order valence-corrected chi connectivity index (χ3v) is 5.60. The fourth-order valence-electron chi connectivity index (χ4n) is 4.09. The number of likely N-dealkylation sites (tertiary alicyclic amines) is 1. The van der Waals surface area contributed by atoms with Crippen LogP contribution in [0.4, 0.5) is 0 Å². The number of hydrogen-bond acceptors (Lipinski definition) is 6. The Kier molecular flexibility index (Phi) is 6.28. The van der Waals surface area contributed by atoms with Gasteiger partial charge in [0.1, 0.15) is 13.2 Å². The molecule has 1 N–H and O–H groups in total. The van der Waals surface area contributed by atoms with Gasteiger partial charge in [-0.2, -0.15) is 0 Å². The summed E-state index contributed by atoms with van der Waals surface area (Å²) in [6, 6.07) is 12.0. The summed E-state index contributed by atoms with van der Waals surface area (Å²) >= 11 is 0. The molecule has 2 aromatic carbocycles. The molecule has 1 unspecified atom stereocenters. The Morgan fingerprint density at radius 3 is 2.67 bits per heavy atom. The van der Waals surface area contributed by atoms with E-state index in [2.05, 4.69) is 22.3 Å². The minimum Gasteiger partial charge on any atom is -0.493 e. The number of rotatable bonds is 7. The van der Waals surface area contributed by atoms with Crippen LogP contribution >= 0.6 is 0 Å². The number of benzene rings is 2. The van der Waals surface area contributed by atoms with Crippen LogP contribution < -0.4 is 24.3 Å². The monoisotopic (exact) mass is 412 g/mol. The van der Waals surface area contributed by atoms with Crippen LogP contribution in [0.2, 0.25) is 0 Å². The zero-order valence-corrected chi connectivity index (χ0v) is 17.5. The van der Waals surface area contributed by atoms with Crippen molar-refractivity contribution in [2.24, 2.45) is 0 Å². The second kappa shape index (κ2) is 9.26. The Bertz CT molecular complexity index is 901. The number of ether oxygens (including phenoxy) is 4. The molecule has 1 amide bonds. The molecule has 2 heterocycles. The van der Waals surface area contributed by atoms with Crippen molar-refractivity contribution in [2.75, 3.05) is 40.5 Å². The van der Waals surface area contributed by atoms with Crippen molar-refractivity contribution in [3.05, 3.63) is 47.5 Å². The topological polar surface area (TPSA) is 69.3 Å². The van der Waals surface area contributed by atoms with Gasteiger partial charge in [-0.1, -0.05) is 12.1 Å². The normalized spacial score (nSPS) is 18.1. The van der Waals surface area contributed by atoms with E-state index in [-0.39, 0.29) is 11.9 Å². The Labute approximate surface area is 176 Å². The predicted molar refractivity (Wildman–Crippen MR) is 112 cm³/mol. The molecule has 0 aliphatic carbocycles. The van der Waals surface area contributed by atoms with E-state index in [0.29, 0.717) is 37.8 Å². The molecule has 0 radical (unpaired) electrons. The third kappa shape index (κ3) is 4.46. The van der Waals surface area contributed by atoms with Gasteiger partial charge in [0.15, 0.2) is 23.0 Å². The highest BCUT2D eigenvalue weighted by molar-refractivity contribution is 5.78. The van der Waals surface area contributed by atoms with Crippen LogP contribution in [-0.4, -0.2) is 51.3 Å². The fraction of sp³-hybridized carbons (Fsp3) is 0.435. The first kappa shape index (κ1) is 20.3. The molecule has 2 aliphatic rings. The van der Waals surface area contributed by atoms with Crippen molar-refractivity contribution < 1.29 is 23.7 Å². The Balaban J connectivity index is 1.36. The number of nitrogens with zero attached hydrogens (tertiary/aromatic N) is 1. The zero-order valence-electron chi connectivity index (χ0n) is 17.5. The van der Waals surface area contributed by atoms with Crippen molar-refractivity contribution in [1.29, 1.82) is 0 Å². The van der Waals surface area contributed by atoms with Gasteiger partial charge in [-0.3, -0.25) is 9.69 Å². The lowest BCUT2D eigenvalue weighted by Crippen LogP contribution is -2.36. The summed E-state index contributed by atoms with van der Waals surface area (Å²) in [6.45, 7) is 2.88. The molecule has 0 spiro atoms. The van der Waals surface area contributed by atoms with Crippen molar-refractivity contribution in [1.82, 2.24) is 10.2 Å². The van der Waals surface area contributed by atoms with Crippen molar-refractivity contribution >= 4 is 5.91 Å². The number of fused-ring (bicyclic) bond motifs is 1. The van der Waals surface area contributed by atoms with Crippen molar-refractivity contribution in [3.63, 3.8) is 0 Å². The lowest BCUT2D eigenvalue weighted by Gasteiger charge is -2.26. The van der Waals surface area contributed by atoms with Crippen LogP contribution in [0.5, 0.6) is 23.0 Å². The number of methoxy groups -OCH3 is 2. The zero-order chi connectivity index (χ0) is 20.9. The summed E-state index contributed by atoms with van der Waals surface area (Å²) in [4.78, 5) is 14.8. The summed E-state index contributed by atoms with van der Waals surface area (Å²) < 4.78 is 21.9. The average molecular weight is 412 g/mol. The molecule has 7 heteroatoms. The standard InChI is InChI=1S/C23H28N2O5/c1-27-19-7-5-16(12-21(19)28-2)14-24-23(26)15-25-9-3-4-18(25)17-6-8-20-22(13-17)30-11-10-29-20/h5-8,12-13,18H,3-4,9-11,14-15H2,1-2H3,(H,24,26). The smallest absolute Gasteiger partial charge is 0.234 e. The highest BCUT2D eigenvalue weighted by atomic mass is 16.6. The van der Waals surface area contributed by atoms with E-state index in [1.807, 2.05) is 24.3 Å². The van der Waals surface area contributed by atoms with Gasteiger partial charge in [0.2, 0.25) is 5.91 Å². The molecule has 7 nitrogen and oxygen atoms in total. The summed E-state index contributed by atoms with van der Waals surface area (Å²) in [5, 5.41) is 3.01. The largest absolute Gasteiger partial charge is 0.493 e. The van der Waals surface area contributed by atoms with Crippen molar-refractivity contribution in [3.8, 4) is 23.0 Å². The number of nitrogens with one attached hydrogen (secondary N) is 1. The van der Waals surface area contributed by atoms with Crippen LogP contribution in [0.25, 0.3) is 0 Å². The van der Waals surface area contributed by atoms with Gasteiger partial charge in [-0.15, -0.1) is 0 Å². The minimum atomic E-state index is 0.00854. The number of amides is 1. The molecule has 2 aliphatic heterocycles. The van der Waals surface area contributed by atoms with Gasteiger partial charge < -0.3 is 24.3 Å². The Morgan fingerprint density at radius 1 is 1.07 bits per heavy atom. The van der Waals surface area contributed by atoms with Gasteiger partial charge in [-0.05, 0) is 54.8 Å². The van der Waals surface area contributed by atoms with Gasteiger partial charge >= 0.3 is 0 Å². The van der Waals surface area contributed by atoms with E-state index in [1.54, 1.807) is 14.2 Å². The second-order valence-electron chi connectivity index (χ2n) is 7.50. The maximum Gasteiger partial charge on any atom is 0.234 e. The van der Waals surface area contributed by atoms with E-state index in [0.717, 1.165) is 36.4 Å². The molecule has 1 atom stereocenters. The molecule has 1 saturated heterocycles. The SMILES string of the molecule is COc1ccc(CNC(=O)CN2CCCC2c2ccc3c(c2)OCCO3)cc1OC. The molecule has 160 valence electrons. The summed E-state index contributed by atoms with van der Waals surface area (Å²) in [5.74, 6) is 2.93. The van der Waals surface area contributed by atoms with E-state index in [9.17, 15) is 4.79 Å². The summed E-state index contributed by atoms with van der Waals surface area (Å²) in [6.07, 6.45) is 2.10. The average Bonchev–Trinajstić information content (AvgIpc) is 3.25. The van der Waals surface area contributed by atoms with E-state index in [4.69, 9.17) is 18.9 Å². The minimum absolute atomic E-state index is 0.00854. The number of carbonyl (C=O) groups is 1. The van der Waals surface area contributed by atoms with E-state index < -0.39 is 0 Å². The first-order valence-electron chi connectivity index (χ1n) is 10.3. The van der Waals surface area contributed by atoms with Crippen LogP contribution in [-0.2, 0) is 11.3 Å². The second-order valence-corrected chi connectivity index (χ2v) is 7.50. The van der Waals surface area contributed by atoms with E-state index >= 15 is 0 Å². The molecule has 1 fully saturated rings. The molecule has 0 aromatic heterocycles. The van der Waals surface area contributed by atoms with Crippen LogP contribution in [0.15, 0.2) is 36.4 Å². The fourth-order valence-corrected chi connectivity index (χ4v) is 4.09. The van der Waals surface area contributed by atoms with Crippen LogP contribution in [0, 0.1) is 0 Å². The van der Waals surface area contributed by atoms with Gasteiger partial charge in [0, 0.05) is 12.6 Å². The van der Waals surface area contributed by atoms with Crippen LogP contribution in [0.3, 0.4) is 0 Å². The molecule has 4 rings (SSSR count). The number of hydrogen-bond donors (Lipinski definition) is 1. The molecule has 0 saturated carbocycles. The van der Waals surface area contributed by atoms with Gasteiger partial charge in [0.25, 0.3) is 0 Å². The lowest BCUT2D eigenvalue weighted by molar-refractivity contribution is -0.122. The number of carbonyl (C=O) groups excluding carboxylic acids is 1. The van der Waals surface area contributed by atoms with Crippen molar-refractivity contribution in [2.45, 2.75) is 25.4 Å². The highest BCUT2D eigenvalue weighted by Gasteiger charge is 2.28. The van der Waals surface area contributed by atoms with Gasteiger partial charge in [-0.25, -0.2) is 0 Å². The predicted octanol–water partition coefficient (Wildman–Crippen LogP) is 2.93. The molecule has 0 bridgehead atoms. The van der Waals surface area contributed by atoms with E-state index in [1.165, 1.54) is 5.56 Å². The Morgan fingerprint density at radius 2 is 1.87 bits per heavy atom. The Hall–Kier alpha value is -2.93. The first-order valence-corrected chi connectivity index (χ1v) is 10.3. The maximum absolute atomic E-state index is 12.6. The summed E-state index contributed by atoms with van der Waals surface area (Å²) in [5.41, 5.74) is 2.13. The van der Waals surface area contributed by atoms with Gasteiger partial charge in [0.05, 0.1) is 20.8 Å². The first-order chi connectivity index (χ1) is 14.7. The summed E-state index contributed by atoms with van der Waals surface area (Å²) in [7, 11) is 3.21. The third-order valence-electron chi connectivity index (χ3n) is 5.60. The molecular weight excluding hydrogens is 384 g/mol.